The van der Waals surface area contributed by atoms with Crippen LogP contribution in [0.5, 0.6) is 0 Å². The third-order valence-corrected chi connectivity index (χ3v) is 3.33. The Morgan fingerprint density at radius 2 is 2.07 bits per heavy atom. The van der Waals surface area contributed by atoms with Crippen LogP contribution in [0.4, 0.5) is 0 Å². The average molecular weight is 223 g/mol. The van der Waals surface area contributed by atoms with E-state index in [0.29, 0.717) is 0 Å². The molecule has 0 radical (unpaired) electrons. The van der Waals surface area contributed by atoms with Crippen LogP contribution < -0.4 is 0 Å². The predicted octanol–water partition coefficient (Wildman–Crippen LogP) is 2.31. The zero-order chi connectivity index (χ0) is 11.1. The zero-order valence-electron chi connectivity index (χ0n) is 9.74. The molecule has 0 atom stereocenters. The molecule has 0 saturated heterocycles. The molecule has 0 N–H and O–H groups in total. The van der Waals surface area contributed by atoms with Crippen LogP contribution in [-0.4, -0.2) is 26.7 Å². The van der Waals surface area contributed by atoms with Crippen LogP contribution in [0.15, 0.2) is 11.4 Å². The van der Waals surface area contributed by atoms with E-state index in [9.17, 15) is 0 Å². The number of nitrogens with zero attached hydrogens (tertiary/aromatic N) is 3. The summed E-state index contributed by atoms with van der Waals surface area (Å²) in [6.45, 7) is 8.65. The summed E-state index contributed by atoms with van der Waals surface area (Å²) in [7, 11) is 0. The first-order valence-corrected chi connectivity index (χ1v) is 6.37. The first-order valence-electron chi connectivity index (χ1n) is 5.14. The second-order valence-electron chi connectivity index (χ2n) is 4.86. The molecule has 15 heavy (non-hydrogen) atoms. The van der Waals surface area contributed by atoms with Crippen LogP contribution >= 0.6 is 11.8 Å². The lowest BCUT2D eigenvalue weighted by Gasteiger charge is -2.30. The molecule has 0 amide bonds. The van der Waals surface area contributed by atoms with Crippen molar-refractivity contribution in [2.45, 2.75) is 44.6 Å². The second kappa shape index (κ2) is 3.76. The summed E-state index contributed by atoms with van der Waals surface area (Å²) < 4.78 is 0. The highest BCUT2D eigenvalue weighted by molar-refractivity contribution is 7.98. The third kappa shape index (κ3) is 2.16. The van der Waals surface area contributed by atoms with Crippen LogP contribution in [0.3, 0.4) is 0 Å². The van der Waals surface area contributed by atoms with Crippen molar-refractivity contribution in [3.8, 4) is 0 Å². The highest BCUT2D eigenvalue weighted by Crippen LogP contribution is 2.28. The van der Waals surface area contributed by atoms with Crippen molar-refractivity contribution in [3.05, 3.63) is 17.5 Å². The van der Waals surface area contributed by atoms with E-state index in [0.717, 1.165) is 18.2 Å². The molecule has 2 rings (SSSR count). The molecule has 3 nitrogen and oxygen atoms in total. The Kier molecular flexibility index (Phi) is 2.73. The number of rotatable bonds is 1. The Balaban J connectivity index is 2.24. The Bertz CT molecular complexity index is 371. The molecule has 1 aliphatic rings. The van der Waals surface area contributed by atoms with Gasteiger partial charge in [0.2, 0.25) is 0 Å². The number of aromatic nitrogens is 2. The van der Waals surface area contributed by atoms with Gasteiger partial charge >= 0.3 is 0 Å². The second-order valence-corrected chi connectivity index (χ2v) is 5.63. The summed E-state index contributed by atoms with van der Waals surface area (Å²) in [5, 5.41) is 0.879. The number of fused-ring (bicyclic) bond motifs is 1. The van der Waals surface area contributed by atoms with Gasteiger partial charge in [0, 0.05) is 30.4 Å². The molecule has 82 valence electrons. The molecule has 4 heteroatoms. The van der Waals surface area contributed by atoms with Crippen LogP contribution in [0.25, 0.3) is 0 Å². The minimum Gasteiger partial charge on any atom is -0.288 e. The van der Waals surface area contributed by atoms with Gasteiger partial charge in [0.05, 0.1) is 5.69 Å². The summed E-state index contributed by atoms with van der Waals surface area (Å²) in [5.41, 5.74) is 2.69. The molecule has 0 unspecified atom stereocenters. The quantitative estimate of drug-likeness (QED) is 0.539. The first-order chi connectivity index (χ1) is 7.00. The van der Waals surface area contributed by atoms with Gasteiger partial charge in [-0.05, 0) is 27.0 Å². The summed E-state index contributed by atoms with van der Waals surface area (Å²) in [6.07, 6.45) is 3.98. The van der Waals surface area contributed by atoms with Crippen molar-refractivity contribution in [1.29, 1.82) is 0 Å². The molecule has 0 aromatic carbocycles. The fraction of sp³-hybridized carbons (Fsp3) is 0.636. The van der Waals surface area contributed by atoms with E-state index in [2.05, 4.69) is 35.6 Å². The SMILES string of the molecule is CSc1ncc2c(n1)CN(C(C)(C)C)C2. The predicted molar refractivity (Wildman–Crippen MR) is 62.8 cm³/mol. The highest BCUT2D eigenvalue weighted by Gasteiger charge is 2.29. The van der Waals surface area contributed by atoms with E-state index in [-0.39, 0.29) is 5.54 Å². The molecular weight excluding hydrogens is 206 g/mol. The zero-order valence-corrected chi connectivity index (χ0v) is 10.6. The van der Waals surface area contributed by atoms with Crippen molar-refractivity contribution < 1.29 is 0 Å². The summed E-state index contributed by atoms with van der Waals surface area (Å²) in [6, 6.07) is 0. The maximum atomic E-state index is 4.55. The van der Waals surface area contributed by atoms with Crippen molar-refractivity contribution in [2.75, 3.05) is 6.26 Å². The lowest BCUT2D eigenvalue weighted by molar-refractivity contribution is 0.135. The number of hydrogen-bond donors (Lipinski definition) is 0. The molecule has 0 aliphatic carbocycles. The molecule has 0 spiro atoms. The van der Waals surface area contributed by atoms with E-state index >= 15 is 0 Å². The van der Waals surface area contributed by atoms with Crippen LogP contribution in [0.2, 0.25) is 0 Å². The lowest BCUT2D eigenvalue weighted by atomic mass is 10.1. The largest absolute Gasteiger partial charge is 0.288 e. The topological polar surface area (TPSA) is 29.0 Å². The smallest absolute Gasteiger partial charge is 0.187 e. The Morgan fingerprint density at radius 1 is 1.33 bits per heavy atom. The highest BCUT2D eigenvalue weighted by atomic mass is 32.2. The molecule has 0 saturated carbocycles. The molecule has 0 bridgehead atoms. The van der Waals surface area contributed by atoms with E-state index in [1.165, 1.54) is 11.3 Å². The van der Waals surface area contributed by atoms with E-state index in [4.69, 9.17) is 0 Å². The van der Waals surface area contributed by atoms with Gasteiger partial charge in [-0.25, -0.2) is 9.97 Å². The van der Waals surface area contributed by atoms with Crippen molar-refractivity contribution in [1.82, 2.24) is 14.9 Å². The Hall–Kier alpha value is -0.610. The maximum Gasteiger partial charge on any atom is 0.187 e. The van der Waals surface area contributed by atoms with Crippen molar-refractivity contribution in [2.24, 2.45) is 0 Å². The maximum absolute atomic E-state index is 4.55. The van der Waals surface area contributed by atoms with Gasteiger partial charge in [-0.15, -0.1) is 0 Å². The molecule has 0 fully saturated rings. The fourth-order valence-corrected chi connectivity index (χ4v) is 2.07. The standard InChI is InChI=1S/C11H17N3S/c1-11(2,3)14-6-8-5-12-10(15-4)13-9(8)7-14/h5H,6-7H2,1-4H3. The lowest BCUT2D eigenvalue weighted by Crippen LogP contribution is -2.36. The Morgan fingerprint density at radius 3 is 2.67 bits per heavy atom. The van der Waals surface area contributed by atoms with Crippen LogP contribution in [0, 0.1) is 0 Å². The van der Waals surface area contributed by atoms with Gasteiger partial charge < -0.3 is 0 Å². The van der Waals surface area contributed by atoms with E-state index < -0.39 is 0 Å². The molecular formula is C11H17N3S. The van der Waals surface area contributed by atoms with Crippen LogP contribution in [0.1, 0.15) is 32.0 Å². The monoisotopic (exact) mass is 223 g/mol. The van der Waals surface area contributed by atoms with E-state index in [1.807, 2.05) is 12.5 Å². The van der Waals surface area contributed by atoms with E-state index in [1.54, 1.807) is 11.8 Å². The van der Waals surface area contributed by atoms with Gasteiger partial charge in [-0.3, -0.25) is 4.90 Å². The number of hydrogen-bond acceptors (Lipinski definition) is 4. The minimum absolute atomic E-state index is 0.209. The summed E-state index contributed by atoms with van der Waals surface area (Å²) in [5.74, 6) is 0. The van der Waals surface area contributed by atoms with Gasteiger partial charge in [-0.1, -0.05) is 11.8 Å². The first kappa shape index (κ1) is 10.9. The van der Waals surface area contributed by atoms with Crippen molar-refractivity contribution in [3.63, 3.8) is 0 Å². The van der Waals surface area contributed by atoms with Crippen molar-refractivity contribution >= 4 is 11.8 Å². The molecule has 1 aromatic rings. The molecule has 1 aromatic heterocycles. The van der Waals surface area contributed by atoms with Gasteiger partial charge in [0.1, 0.15) is 0 Å². The summed E-state index contributed by atoms with van der Waals surface area (Å²) in [4.78, 5) is 11.3. The molecule has 2 heterocycles. The normalized spacial score (nSPS) is 16.8. The molecule has 1 aliphatic heterocycles. The Labute approximate surface area is 95.3 Å². The third-order valence-electron chi connectivity index (χ3n) is 2.77. The summed E-state index contributed by atoms with van der Waals surface area (Å²) >= 11 is 1.60. The van der Waals surface area contributed by atoms with Gasteiger partial charge in [0.15, 0.2) is 5.16 Å². The minimum atomic E-state index is 0.209. The average Bonchev–Trinajstić information content (AvgIpc) is 2.59. The van der Waals surface area contributed by atoms with Gasteiger partial charge in [0.25, 0.3) is 0 Å². The fourth-order valence-electron chi connectivity index (χ4n) is 1.71. The van der Waals surface area contributed by atoms with Gasteiger partial charge in [-0.2, -0.15) is 0 Å². The number of thioether (sulfide) groups is 1. The van der Waals surface area contributed by atoms with Crippen LogP contribution in [-0.2, 0) is 13.1 Å².